The summed E-state index contributed by atoms with van der Waals surface area (Å²) in [6.07, 6.45) is -4.99. The molecule has 0 saturated carbocycles. The number of cyclic esters (lactones) is 2. The number of Topliss-reactive ketones (excluding diaryl/α,β-unsaturated/α-hetero) is 1. The third-order valence-electron chi connectivity index (χ3n) is 15.5. The maximum Gasteiger partial charge on any atom is 0.329 e. The Bertz CT molecular complexity index is 2330. The van der Waals surface area contributed by atoms with Crippen LogP contribution in [0.5, 0.6) is 5.75 Å². The van der Waals surface area contributed by atoms with E-state index in [2.05, 4.69) is 16.0 Å². The van der Waals surface area contributed by atoms with Crippen molar-refractivity contribution < 1.29 is 72.4 Å². The van der Waals surface area contributed by atoms with Crippen molar-refractivity contribution in [3.63, 3.8) is 0 Å². The lowest BCUT2D eigenvalue weighted by Crippen LogP contribution is -2.62. The number of hydrogen-bond donors (Lipinski definition) is 5. The Hall–Kier alpha value is -6.16. The van der Waals surface area contributed by atoms with Crippen LogP contribution < -0.4 is 20.7 Å². The normalized spacial score (nSPS) is 27.7. The number of rotatable bonds is 15. The zero-order valence-electron chi connectivity index (χ0n) is 48.8. The van der Waals surface area contributed by atoms with Crippen LogP contribution in [0.4, 0.5) is 0 Å². The van der Waals surface area contributed by atoms with Gasteiger partial charge in [-0.2, -0.15) is 0 Å². The van der Waals surface area contributed by atoms with Gasteiger partial charge in [-0.1, -0.05) is 73.9 Å². The molecule has 0 bridgehead atoms. The zero-order valence-corrected chi connectivity index (χ0v) is 48.8. The first kappa shape index (κ1) is 65.4. The summed E-state index contributed by atoms with van der Waals surface area (Å²) in [7, 11) is 4.29. The van der Waals surface area contributed by atoms with Crippen molar-refractivity contribution in [3.05, 3.63) is 29.8 Å². The van der Waals surface area contributed by atoms with Gasteiger partial charge in [0.2, 0.25) is 35.4 Å². The minimum absolute atomic E-state index is 0.0720. The molecule has 3 heterocycles. The zero-order chi connectivity index (χ0) is 59.3. The molecule has 7 amide bonds. The van der Waals surface area contributed by atoms with Crippen LogP contribution in [0.1, 0.15) is 133 Å². The Morgan fingerprint density at radius 2 is 1.49 bits per heavy atom. The fraction of sp³-hybridized carbons (Fsp3) is 0.719. The number of likely N-dealkylation sites (tertiary alicyclic amines) is 1. The van der Waals surface area contributed by atoms with Gasteiger partial charge in [0, 0.05) is 33.6 Å². The monoisotopic (exact) mass is 1110 g/mol. The quantitative estimate of drug-likeness (QED) is 0.124. The van der Waals surface area contributed by atoms with Gasteiger partial charge in [-0.3, -0.25) is 43.2 Å². The molecule has 0 radical (unpaired) electrons. The number of nitrogens with zero attached hydrogens (tertiary/aromatic N) is 4. The number of aliphatic hydroxyl groups is 2. The molecule has 4 rings (SSSR count). The van der Waals surface area contributed by atoms with Crippen LogP contribution in [0.3, 0.4) is 0 Å². The van der Waals surface area contributed by atoms with E-state index < -0.39 is 150 Å². The maximum atomic E-state index is 15.0. The van der Waals surface area contributed by atoms with Crippen LogP contribution in [0.2, 0.25) is 0 Å². The van der Waals surface area contributed by atoms with Gasteiger partial charge in [0.1, 0.15) is 54.2 Å². The molecule has 5 N–H and O–H groups in total. The number of hydrogen-bond acceptors (Lipinski definition) is 15. The largest absolute Gasteiger partial charge is 0.497 e. The molecule has 1 aromatic rings. The molecule has 3 fully saturated rings. The Morgan fingerprint density at radius 1 is 0.861 bits per heavy atom. The van der Waals surface area contributed by atoms with E-state index in [0.29, 0.717) is 30.6 Å². The number of likely N-dealkylation sites (N-methyl/N-ethyl adjacent to an activating group) is 2. The maximum absolute atomic E-state index is 15.0. The van der Waals surface area contributed by atoms with Crippen molar-refractivity contribution >= 4 is 59.1 Å². The smallest absolute Gasteiger partial charge is 0.329 e. The predicted octanol–water partition coefficient (Wildman–Crippen LogP) is 2.32. The fourth-order valence-corrected chi connectivity index (χ4v) is 10.5. The Morgan fingerprint density at radius 3 is 2.06 bits per heavy atom. The number of fused-ring (bicyclic) bond motifs is 1. The number of aliphatic hydroxyl groups excluding tert-OH is 2. The molecule has 22 heteroatoms. The molecule has 442 valence electrons. The second-order valence-electron chi connectivity index (χ2n) is 23.0. The molecule has 0 aliphatic carbocycles. The average molecular weight is 1110 g/mol. The van der Waals surface area contributed by atoms with Gasteiger partial charge in [0.05, 0.1) is 31.6 Å². The number of esters is 2. The van der Waals surface area contributed by atoms with Crippen molar-refractivity contribution in [2.75, 3.05) is 34.3 Å². The number of carbonyl (C=O) groups is 10. The van der Waals surface area contributed by atoms with Crippen LogP contribution in [0.15, 0.2) is 24.3 Å². The lowest BCUT2D eigenvalue weighted by atomic mass is 9.91. The molecule has 22 nitrogen and oxygen atoms in total. The summed E-state index contributed by atoms with van der Waals surface area (Å²) in [6, 6.07) is -2.19. The highest BCUT2D eigenvalue weighted by Gasteiger charge is 2.46. The highest BCUT2D eigenvalue weighted by molar-refractivity contribution is 6.05. The SMILES string of the molecule is CCC(C)[C@H]1NC(=O)[C@@H](NC(=O)[C@@H](CC(C)C)N(C)C(=O)[C@@H]2CCCN2C(=O)C(C)O)[C@@H](C)OC(=O)[C@H](Cc2ccc(OC)cc2)N(C)C(=O)C2CCCN2C(=O)[C@H](CC(C)C)NC(=O)C(C)C(=O)[C@H](C(C)C)OC(=O)C[C@@H]1O. The molecular weight excluding hydrogens is 1020 g/mol. The van der Waals surface area contributed by atoms with Crippen molar-refractivity contribution in [3.8, 4) is 5.75 Å². The molecule has 13 atom stereocenters. The van der Waals surface area contributed by atoms with E-state index >= 15 is 4.79 Å². The molecule has 0 spiro atoms. The first-order valence-electron chi connectivity index (χ1n) is 28.0. The molecule has 3 aliphatic heterocycles. The van der Waals surface area contributed by atoms with Crippen LogP contribution in [-0.2, 0) is 63.8 Å². The first-order chi connectivity index (χ1) is 37.0. The van der Waals surface area contributed by atoms with E-state index in [9.17, 15) is 53.4 Å². The van der Waals surface area contributed by atoms with E-state index in [1.165, 1.54) is 61.6 Å². The number of methoxy groups -OCH3 is 1. The van der Waals surface area contributed by atoms with Crippen LogP contribution in [0.25, 0.3) is 0 Å². The standard InChI is InChI=1S/C57H89N7O15/c1-15-33(8)46-44(66)29-45(67)79-49(32(6)7)48(68)34(9)50(69)58-39(26-30(2)3)54(73)64-25-17-19-41(64)56(75)62(13)43(28-37-20-22-38(77-14)23-21-37)57(76)78-36(11)47(52(71)59-46)60-51(70)42(27-31(4)5)61(12)55(74)40-18-16-24-63(40)53(72)35(10)65/h20-23,30-36,39-44,46-47,49,65-66H,15-19,24-29H2,1-14H3,(H,58,69)(H,59,71)(H,60,70)/t33?,34?,35?,36-,39+,40+,41?,42-,43+,44+,46-,47+,49+/m1/s1. The number of carbonyl (C=O) groups excluding carboxylic acids is 10. The van der Waals surface area contributed by atoms with E-state index in [4.69, 9.17) is 14.2 Å². The molecule has 3 saturated heterocycles. The van der Waals surface area contributed by atoms with Crippen molar-refractivity contribution in [1.82, 2.24) is 35.6 Å². The van der Waals surface area contributed by atoms with Gasteiger partial charge in [-0.25, -0.2) is 4.79 Å². The van der Waals surface area contributed by atoms with Gasteiger partial charge in [0.15, 0.2) is 11.9 Å². The highest BCUT2D eigenvalue weighted by Crippen LogP contribution is 2.27. The third-order valence-corrected chi connectivity index (χ3v) is 15.5. The summed E-state index contributed by atoms with van der Waals surface area (Å²) in [5.41, 5.74) is 0.571. The van der Waals surface area contributed by atoms with E-state index in [1.807, 2.05) is 27.7 Å². The summed E-state index contributed by atoms with van der Waals surface area (Å²) in [6.45, 7) is 18.4. The average Bonchev–Trinajstić information content (AvgIpc) is 4.13. The first-order valence-corrected chi connectivity index (χ1v) is 28.0. The summed E-state index contributed by atoms with van der Waals surface area (Å²) in [5.74, 6) is -10.3. The van der Waals surface area contributed by atoms with Crippen LogP contribution in [-0.4, -0.2) is 190 Å². The van der Waals surface area contributed by atoms with Gasteiger partial charge >= 0.3 is 11.9 Å². The Balaban J connectivity index is 1.89. The van der Waals surface area contributed by atoms with Crippen molar-refractivity contribution in [2.45, 2.75) is 201 Å². The van der Waals surface area contributed by atoms with Crippen LogP contribution in [0, 0.1) is 29.6 Å². The molecular formula is C57H89N7O15. The molecule has 3 aliphatic rings. The van der Waals surface area contributed by atoms with E-state index in [1.54, 1.807) is 52.0 Å². The third kappa shape index (κ3) is 16.9. The topological polar surface area (TPSA) is 288 Å². The molecule has 1 aromatic carbocycles. The second kappa shape index (κ2) is 29.3. The second-order valence-corrected chi connectivity index (χ2v) is 23.0. The summed E-state index contributed by atoms with van der Waals surface area (Å²) in [4.78, 5) is 149. The number of benzene rings is 1. The fourth-order valence-electron chi connectivity index (χ4n) is 10.5. The lowest BCUT2D eigenvalue weighted by molar-refractivity contribution is -0.163. The van der Waals surface area contributed by atoms with Gasteiger partial charge in [0.25, 0.3) is 5.91 Å². The summed E-state index contributed by atoms with van der Waals surface area (Å²) < 4.78 is 17.2. The summed E-state index contributed by atoms with van der Waals surface area (Å²) in [5, 5.41) is 30.2. The minimum Gasteiger partial charge on any atom is -0.497 e. The predicted molar refractivity (Wildman–Crippen MR) is 290 cm³/mol. The Labute approximate surface area is 465 Å². The number of ether oxygens (including phenoxy) is 3. The van der Waals surface area contributed by atoms with Crippen LogP contribution >= 0.6 is 0 Å². The van der Waals surface area contributed by atoms with Gasteiger partial charge in [-0.15, -0.1) is 0 Å². The molecule has 0 aromatic heterocycles. The number of amides is 7. The number of ketones is 1. The van der Waals surface area contributed by atoms with E-state index in [0.717, 1.165) is 0 Å². The number of nitrogens with one attached hydrogen (secondary N) is 3. The Kier molecular flexibility index (Phi) is 24.3. The van der Waals surface area contributed by atoms with Gasteiger partial charge < -0.3 is 60.0 Å². The van der Waals surface area contributed by atoms with Crippen molar-refractivity contribution in [2.24, 2.45) is 29.6 Å². The summed E-state index contributed by atoms with van der Waals surface area (Å²) >= 11 is 0. The molecule has 4 unspecified atom stereocenters. The minimum atomic E-state index is -1.76. The molecule has 79 heavy (non-hydrogen) atoms. The van der Waals surface area contributed by atoms with E-state index in [-0.39, 0.29) is 57.0 Å². The van der Waals surface area contributed by atoms with Gasteiger partial charge in [-0.05, 0) is 101 Å². The highest BCUT2D eigenvalue weighted by atomic mass is 16.6. The van der Waals surface area contributed by atoms with Crippen molar-refractivity contribution in [1.29, 1.82) is 0 Å². The lowest BCUT2D eigenvalue weighted by Gasteiger charge is -2.36.